The predicted octanol–water partition coefficient (Wildman–Crippen LogP) is 3.01. The van der Waals surface area contributed by atoms with Gasteiger partial charge in [0.15, 0.2) is 0 Å². The maximum absolute atomic E-state index is 12.9. The number of sulfonamides is 1. The molecule has 1 fully saturated rings. The quantitative estimate of drug-likeness (QED) is 0.741. The third-order valence-electron chi connectivity index (χ3n) is 4.85. The lowest BCUT2D eigenvalue weighted by Gasteiger charge is -2.22. The van der Waals surface area contributed by atoms with Gasteiger partial charge >= 0.3 is 0 Å². The van der Waals surface area contributed by atoms with Gasteiger partial charge in [-0.2, -0.15) is 16.5 Å². The summed E-state index contributed by atoms with van der Waals surface area (Å²) in [5, 5.41) is 4.76. The number of carbonyl (C=O) groups excluding carboxylic acids is 1. The van der Waals surface area contributed by atoms with Crippen LogP contribution < -0.4 is 10.0 Å². The minimum Gasteiger partial charge on any atom is -0.354 e. The van der Waals surface area contributed by atoms with Crippen LogP contribution in [0.4, 0.5) is 0 Å². The molecule has 146 valence electrons. The minimum atomic E-state index is -3.79. The number of rotatable bonds is 7. The van der Waals surface area contributed by atoms with Crippen molar-refractivity contribution in [2.45, 2.75) is 31.2 Å². The van der Waals surface area contributed by atoms with Crippen molar-refractivity contribution in [1.82, 2.24) is 10.0 Å². The van der Waals surface area contributed by atoms with E-state index in [1.54, 1.807) is 18.2 Å². The molecule has 2 aromatic carbocycles. The van der Waals surface area contributed by atoms with Crippen LogP contribution in [-0.2, 0) is 14.8 Å². The van der Waals surface area contributed by atoms with Crippen LogP contribution >= 0.6 is 11.8 Å². The van der Waals surface area contributed by atoms with Crippen molar-refractivity contribution in [1.29, 1.82) is 0 Å². The molecule has 0 aliphatic carbocycles. The maximum atomic E-state index is 12.9. The van der Waals surface area contributed by atoms with Gasteiger partial charge in [-0.15, -0.1) is 0 Å². The number of hydrogen-bond donors (Lipinski definition) is 2. The van der Waals surface area contributed by atoms with Crippen LogP contribution in [0.15, 0.2) is 47.4 Å². The van der Waals surface area contributed by atoms with E-state index in [0.29, 0.717) is 12.5 Å². The fourth-order valence-corrected chi connectivity index (χ4v) is 5.82. The Balaban J connectivity index is 1.74. The molecule has 2 aromatic rings. The highest BCUT2D eigenvalue weighted by atomic mass is 32.2. The lowest BCUT2D eigenvalue weighted by atomic mass is 10.0. The zero-order chi connectivity index (χ0) is 19.4. The third kappa shape index (κ3) is 5.03. The highest BCUT2D eigenvalue weighted by molar-refractivity contribution is 7.99. The molecule has 3 rings (SSSR count). The maximum Gasteiger partial charge on any atom is 0.241 e. The third-order valence-corrected chi connectivity index (χ3v) is 7.52. The largest absolute Gasteiger partial charge is 0.354 e. The van der Waals surface area contributed by atoms with Gasteiger partial charge in [-0.25, -0.2) is 8.42 Å². The smallest absolute Gasteiger partial charge is 0.241 e. The molecule has 2 unspecified atom stereocenters. The van der Waals surface area contributed by atoms with Crippen LogP contribution in [0.3, 0.4) is 0 Å². The van der Waals surface area contributed by atoms with E-state index in [2.05, 4.69) is 10.0 Å². The first-order valence-electron chi connectivity index (χ1n) is 9.23. The Morgan fingerprint density at radius 1 is 1.19 bits per heavy atom. The van der Waals surface area contributed by atoms with Crippen LogP contribution in [0, 0.1) is 11.8 Å². The molecule has 0 radical (unpaired) electrons. The second-order valence-electron chi connectivity index (χ2n) is 7.33. The summed E-state index contributed by atoms with van der Waals surface area (Å²) >= 11 is 1.89. The molecule has 7 heteroatoms. The zero-order valence-corrected chi connectivity index (χ0v) is 17.3. The Morgan fingerprint density at radius 2 is 1.93 bits per heavy atom. The molecule has 0 aromatic heterocycles. The minimum absolute atomic E-state index is 0.154. The molecule has 27 heavy (non-hydrogen) atoms. The Hall–Kier alpha value is -1.57. The van der Waals surface area contributed by atoms with Crippen LogP contribution in [-0.4, -0.2) is 38.4 Å². The number of hydrogen-bond acceptors (Lipinski definition) is 4. The van der Waals surface area contributed by atoms with E-state index in [0.717, 1.165) is 28.7 Å². The number of thioether (sulfide) groups is 1. The lowest BCUT2D eigenvalue weighted by molar-refractivity contribution is -0.123. The summed E-state index contributed by atoms with van der Waals surface area (Å²) in [5.74, 6) is 2.24. The molecule has 0 saturated carbocycles. The van der Waals surface area contributed by atoms with E-state index in [1.165, 1.54) is 0 Å². The van der Waals surface area contributed by atoms with Crippen LogP contribution in [0.25, 0.3) is 10.8 Å². The van der Waals surface area contributed by atoms with Gasteiger partial charge in [0.2, 0.25) is 15.9 Å². The second kappa shape index (κ2) is 8.63. The average molecular weight is 407 g/mol. The van der Waals surface area contributed by atoms with E-state index in [-0.39, 0.29) is 16.7 Å². The van der Waals surface area contributed by atoms with Crippen LogP contribution in [0.1, 0.15) is 20.3 Å². The molecular weight excluding hydrogens is 380 g/mol. The van der Waals surface area contributed by atoms with Crippen molar-refractivity contribution in [3.63, 3.8) is 0 Å². The molecule has 1 aliphatic heterocycles. The Bertz CT molecular complexity index is 906. The van der Waals surface area contributed by atoms with Gasteiger partial charge in [0.05, 0.1) is 4.90 Å². The standard InChI is InChI=1S/C20H26N2O3S2/c1-14(2)19(20(23)21-12-15-9-10-26-13-15)22-27(24,25)18-8-7-16-5-3-4-6-17(16)11-18/h3-8,11,14-15,19,22H,9-10,12-13H2,1-2H3,(H,21,23). The Kier molecular flexibility index (Phi) is 6.44. The normalized spacial score (nSPS) is 18.7. The van der Waals surface area contributed by atoms with Crippen LogP contribution in [0.5, 0.6) is 0 Å². The molecule has 2 N–H and O–H groups in total. The van der Waals surface area contributed by atoms with E-state index in [1.807, 2.05) is 49.9 Å². The summed E-state index contributed by atoms with van der Waals surface area (Å²) < 4.78 is 28.3. The molecular formula is C20H26N2O3S2. The molecule has 1 heterocycles. The molecule has 5 nitrogen and oxygen atoms in total. The van der Waals surface area contributed by atoms with Crippen molar-refractivity contribution in [3.05, 3.63) is 42.5 Å². The fraction of sp³-hybridized carbons (Fsp3) is 0.450. The monoisotopic (exact) mass is 406 g/mol. The average Bonchev–Trinajstić information content (AvgIpc) is 3.17. The number of nitrogens with one attached hydrogen (secondary N) is 2. The van der Waals surface area contributed by atoms with E-state index < -0.39 is 16.1 Å². The summed E-state index contributed by atoms with van der Waals surface area (Å²) in [6.07, 6.45) is 1.10. The molecule has 1 amide bonds. The first-order chi connectivity index (χ1) is 12.9. The Morgan fingerprint density at radius 3 is 2.59 bits per heavy atom. The van der Waals surface area contributed by atoms with Gasteiger partial charge in [-0.1, -0.05) is 44.2 Å². The van der Waals surface area contributed by atoms with E-state index >= 15 is 0 Å². The number of benzene rings is 2. The van der Waals surface area contributed by atoms with Gasteiger partial charge in [0.25, 0.3) is 0 Å². The van der Waals surface area contributed by atoms with Gasteiger partial charge in [0, 0.05) is 6.54 Å². The predicted molar refractivity (Wildman–Crippen MR) is 111 cm³/mol. The topological polar surface area (TPSA) is 75.3 Å². The van der Waals surface area contributed by atoms with Crippen molar-refractivity contribution in [2.24, 2.45) is 11.8 Å². The lowest BCUT2D eigenvalue weighted by Crippen LogP contribution is -2.50. The summed E-state index contributed by atoms with van der Waals surface area (Å²) in [7, 11) is -3.79. The second-order valence-corrected chi connectivity index (χ2v) is 10.2. The summed E-state index contributed by atoms with van der Waals surface area (Å²) in [4.78, 5) is 12.8. The van der Waals surface area contributed by atoms with E-state index in [4.69, 9.17) is 0 Å². The molecule has 1 saturated heterocycles. The molecule has 0 spiro atoms. The molecule has 0 bridgehead atoms. The summed E-state index contributed by atoms with van der Waals surface area (Å²) in [6, 6.07) is 11.8. The number of carbonyl (C=O) groups is 1. The highest BCUT2D eigenvalue weighted by Gasteiger charge is 2.29. The first kappa shape index (κ1) is 20.2. The van der Waals surface area contributed by atoms with Crippen molar-refractivity contribution < 1.29 is 13.2 Å². The first-order valence-corrected chi connectivity index (χ1v) is 11.9. The molecule has 1 aliphatic rings. The molecule has 2 atom stereocenters. The van der Waals surface area contributed by atoms with Crippen molar-refractivity contribution >= 4 is 38.5 Å². The van der Waals surface area contributed by atoms with Crippen molar-refractivity contribution in [3.8, 4) is 0 Å². The summed E-state index contributed by atoms with van der Waals surface area (Å²) in [6.45, 7) is 4.30. The Labute approximate surface area is 165 Å². The van der Waals surface area contributed by atoms with Gasteiger partial charge in [0.1, 0.15) is 6.04 Å². The number of amides is 1. The summed E-state index contributed by atoms with van der Waals surface area (Å²) in [5.41, 5.74) is 0. The van der Waals surface area contributed by atoms with Crippen LogP contribution in [0.2, 0.25) is 0 Å². The SMILES string of the molecule is CC(C)C(NS(=O)(=O)c1ccc2ccccc2c1)C(=O)NCC1CCSC1. The van der Waals surface area contributed by atoms with Gasteiger partial charge < -0.3 is 5.32 Å². The van der Waals surface area contributed by atoms with Gasteiger partial charge in [-0.05, 0) is 52.7 Å². The van der Waals surface area contributed by atoms with Crippen molar-refractivity contribution in [2.75, 3.05) is 18.1 Å². The van der Waals surface area contributed by atoms with E-state index in [9.17, 15) is 13.2 Å². The van der Waals surface area contributed by atoms with Gasteiger partial charge in [-0.3, -0.25) is 4.79 Å². The zero-order valence-electron chi connectivity index (χ0n) is 15.6. The highest BCUT2D eigenvalue weighted by Crippen LogP contribution is 2.23. The fourth-order valence-electron chi connectivity index (χ4n) is 3.16. The number of fused-ring (bicyclic) bond motifs is 1.